The first-order chi connectivity index (χ1) is 10.1. The molecule has 0 spiro atoms. The van der Waals surface area contributed by atoms with Crippen molar-refractivity contribution in [3.63, 3.8) is 0 Å². The molecule has 0 radical (unpaired) electrons. The van der Waals surface area contributed by atoms with E-state index in [1.54, 1.807) is 0 Å². The molecule has 4 heteroatoms. The molecule has 2 atom stereocenters. The van der Waals surface area contributed by atoms with E-state index in [2.05, 4.69) is 47.4 Å². The molecule has 1 aromatic rings. The molecule has 0 amide bonds. The zero-order valence-corrected chi connectivity index (χ0v) is 13.8. The molecule has 21 heavy (non-hydrogen) atoms. The van der Waals surface area contributed by atoms with Gasteiger partial charge in [-0.15, -0.1) is 0 Å². The molecule has 1 aromatic carbocycles. The minimum absolute atomic E-state index is 0.365. The van der Waals surface area contributed by atoms with Gasteiger partial charge in [-0.1, -0.05) is 12.1 Å². The number of piperazine rings is 1. The molecular formula is C17H29N3O. The lowest BCUT2D eigenvalue weighted by atomic mass is 9.97. The van der Waals surface area contributed by atoms with E-state index in [9.17, 15) is 0 Å². The van der Waals surface area contributed by atoms with Gasteiger partial charge in [0, 0.05) is 31.7 Å². The van der Waals surface area contributed by atoms with Gasteiger partial charge in [-0.3, -0.25) is 0 Å². The largest absolute Gasteiger partial charge is 0.494 e. The van der Waals surface area contributed by atoms with Crippen LogP contribution in [0.2, 0.25) is 0 Å². The highest BCUT2D eigenvalue weighted by molar-refractivity contribution is 5.30. The first-order valence-electron chi connectivity index (χ1n) is 7.92. The van der Waals surface area contributed by atoms with Gasteiger partial charge in [0.1, 0.15) is 5.75 Å². The summed E-state index contributed by atoms with van der Waals surface area (Å²) in [5.41, 5.74) is 1.31. The normalized spacial score (nSPS) is 22.2. The van der Waals surface area contributed by atoms with Gasteiger partial charge in [0.05, 0.1) is 6.61 Å². The first kappa shape index (κ1) is 16.3. The van der Waals surface area contributed by atoms with E-state index in [0.717, 1.165) is 31.8 Å². The maximum Gasteiger partial charge on any atom is 0.119 e. The number of likely N-dealkylation sites (N-methyl/N-ethyl adjacent to an activating group) is 2. The highest BCUT2D eigenvalue weighted by Crippen LogP contribution is 2.25. The summed E-state index contributed by atoms with van der Waals surface area (Å²) in [5.74, 6) is 0.962. The van der Waals surface area contributed by atoms with Crippen LogP contribution in [0.15, 0.2) is 24.3 Å². The second-order valence-corrected chi connectivity index (χ2v) is 5.98. The van der Waals surface area contributed by atoms with Gasteiger partial charge in [-0.05, 0) is 52.2 Å². The van der Waals surface area contributed by atoms with Crippen LogP contribution in [0, 0.1) is 0 Å². The predicted octanol–water partition coefficient (Wildman–Crippen LogP) is 1.98. The van der Waals surface area contributed by atoms with Crippen LogP contribution < -0.4 is 10.1 Å². The van der Waals surface area contributed by atoms with Gasteiger partial charge in [-0.2, -0.15) is 0 Å². The second-order valence-electron chi connectivity index (χ2n) is 5.98. The van der Waals surface area contributed by atoms with E-state index in [-0.39, 0.29) is 0 Å². The van der Waals surface area contributed by atoms with Gasteiger partial charge < -0.3 is 19.9 Å². The van der Waals surface area contributed by atoms with E-state index < -0.39 is 0 Å². The Morgan fingerprint density at radius 2 is 2.14 bits per heavy atom. The van der Waals surface area contributed by atoms with E-state index in [1.165, 1.54) is 5.56 Å². The number of hydrogen-bond acceptors (Lipinski definition) is 4. The Bertz CT molecular complexity index is 438. The van der Waals surface area contributed by atoms with Crippen LogP contribution in [0.1, 0.15) is 24.9 Å². The Morgan fingerprint density at radius 3 is 2.86 bits per heavy atom. The fourth-order valence-corrected chi connectivity index (χ4v) is 3.04. The van der Waals surface area contributed by atoms with Gasteiger partial charge in [-0.25, -0.2) is 0 Å². The van der Waals surface area contributed by atoms with Gasteiger partial charge in [0.15, 0.2) is 0 Å². The van der Waals surface area contributed by atoms with Crippen LogP contribution in [0.25, 0.3) is 0 Å². The summed E-state index contributed by atoms with van der Waals surface area (Å²) in [6.45, 7) is 6.19. The highest BCUT2D eigenvalue weighted by Gasteiger charge is 2.25. The fourth-order valence-electron chi connectivity index (χ4n) is 3.04. The van der Waals surface area contributed by atoms with Gasteiger partial charge >= 0.3 is 0 Å². The number of ether oxygens (including phenoxy) is 1. The molecule has 0 saturated carbocycles. The van der Waals surface area contributed by atoms with Gasteiger partial charge in [0.25, 0.3) is 0 Å². The molecule has 0 bridgehead atoms. The molecule has 0 aliphatic carbocycles. The molecule has 1 N–H and O–H groups in total. The van der Waals surface area contributed by atoms with Crippen molar-refractivity contribution < 1.29 is 4.74 Å². The Morgan fingerprint density at radius 1 is 1.33 bits per heavy atom. The topological polar surface area (TPSA) is 27.7 Å². The molecule has 2 rings (SSSR count). The summed E-state index contributed by atoms with van der Waals surface area (Å²) < 4.78 is 5.62. The molecule has 118 valence electrons. The van der Waals surface area contributed by atoms with E-state index in [0.29, 0.717) is 18.7 Å². The summed E-state index contributed by atoms with van der Waals surface area (Å²) in [6, 6.07) is 9.43. The van der Waals surface area contributed by atoms with Crippen LogP contribution in [0.5, 0.6) is 5.75 Å². The van der Waals surface area contributed by atoms with Crippen LogP contribution in [-0.2, 0) is 0 Å². The van der Waals surface area contributed by atoms with Crippen molar-refractivity contribution in [1.29, 1.82) is 0 Å². The zero-order chi connectivity index (χ0) is 15.2. The van der Waals surface area contributed by atoms with Crippen molar-refractivity contribution in [3.8, 4) is 5.75 Å². The van der Waals surface area contributed by atoms with Crippen LogP contribution in [0.3, 0.4) is 0 Å². The maximum atomic E-state index is 5.62. The molecule has 4 nitrogen and oxygen atoms in total. The summed E-state index contributed by atoms with van der Waals surface area (Å²) in [4.78, 5) is 4.91. The standard InChI is InChI=1S/C17H29N3O/c1-5-21-16-8-6-7-14(11-16)17(18-2)12-15-13-19(3)9-10-20(15)4/h6-8,11,15,17-18H,5,9-10,12-13H2,1-4H3. The lowest BCUT2D eigenvalue weighted by Crippen LogP contribution is -2.50. The zero-order valence-electron chi connectivity index (χ0n) is 13.8. The Balaban J connectivity index is 2.06. The number of benzene rings is 1. The summed E-state index contributed by atoms with van der Waals surface area (Å²) >= 11 is 0. The Kier molecular flexibility index (Phi) is 6.03. The SMILES string of the molecule is CCOc1cccc(C(CC2CN(C)CCN2C)NC)c1. The lowest BCUT2D eigenvalue weighted by molar-refractivity contribution is 0.102. The quantitative estimate of drug-likeness (QED) is 0.867. The third-order valence-electron chi connectivity index (χ3n) is 4.41. The molecule has 1 heterocycles. The third kappa shape index (κ3) is 4.43. The van der Waals surface area contributed by atoms with E-state index >= 15 is 0 Å². The second kappa shape index (κ2) is 7.78. The van der Waals surface area contributed by atoms with E-state index in [4.69, 9.17) is 4.74 Å². The van der Waals surface area contributed by atoms with E-state index in [1.807, 2.05) is 20.0 Å². The van der Waals surface area contributed by atoms with Crippen molar-refractivity contribution in [2.45, 2.75) is 25.4 Å². The number of nitrogens with one attached hydrogen (secondary N) is 1. The molecule has 0 aromatic heterocycles. The molecule has 2 unspecified atom stereocenters. The monoisotopic (exact) mass is 291 g/mol. The summed E-state index contributed by atoms with van der Waals surface area (Å²) in [7, 11) is 6.50. The van der Waals surface area contributed by atoms with Crippen LogP contribution in [0.4, 0.5) is 0 Å². The molecule has 1 saturated heterocycles. The molecular weight excluding hydrogens is 262 g/mol. The first-order valence-corrected chi connectivity index (χ1v) is 7.92. The number of nitrogens with zero attached hydrogens (tertiary/aromatic N) is 2. The summed E-state index contributed by atoms with van der Waals surface area (Å²) in [5, 5.41) is 3.47. The smallest absolute Gasteiger partial charge is 0.119 e. The van der Waals surface area contributed by atoms with Crippen LogP contribution in [-0.4, -0.2) is 63.2 Å². The third-order valence-corrected chi connectivity index (χ3v) is 4.41. The fraction of sp³-hybridized carbons (Fsp3) is 0.647. The minimum atomic E-state index is 0.365. The van der Waals surface area contributed by atoms with Crippen molar-refractivity contribution in [2.75, 3.05) is 47.4 Å². The minimum Gasteiger partial charge on any atom is -0.494 e. The average Bonchev–Trinajstić information content (AvgIpc) is 2.49. The van der Waals surface area contributed by atoms with Crippen molar-refractivity contribution in [2.24, 2.45) is 0 Å². The molecule has 1 fully saturated rings. The van der Waals surface area contributed by atoms with Crippen molar-refractivity contribution in [1.82, 2.24) is 15.1 Å². The molecule has 1 aliphatic rings. The Hall–Kier alpha value is -1.10. The van der Waals surface area contributed by atoms with Crippen LogP contribution >= 0.6 is 0 Å². The number of rotatable bonds is 6. The van der Waals surface area contributed by atoms with Crippen molar-refractivity contribution in [3.05, 3.63) is 29.8 Å². The number of hydrogen-bond donors (Lipinski definition) is 1. The Labute approximate surface area is 129 Å². The van der Waals surface area contributed by atoms with Gasteiger partial charge in [0.2, 0.25) is 0 Å². The average molecular weight is 291 g/mol. The maximum absolute atomic E-state index is 5.62. The highest BCUT2D eigenvalue weighted by atomic mass is 16.5. The predicted molar refractivity (Wildman–Crippen MR) is 87.9 cm³/mol. The lowest BCUT2D eigenvalue weighted by Gasteiger charge is -2.39. The molecule has 1 aliphatic heterocycles. The summed E-state index contributed by atoms with van der Waals surface area (Å²) in [6.07, 6.45) is 1.12. The van der Waals surface area contributed by atoms with Crippen molar-refractivity contribution >= 4 is 0 Å².